The highest BCUT2D eigenvalue weighted by Gasteiger charge is 2.27. The van der Waals surface area contributed by atoms with Crippen molar-refractivity contribution in [2.24, 2.45) is 0 Å². The van der Waals surface area contributed by atoms with Crippen molar-refractivity contribution in [1.82, 2.24) is 10.2 Å². The summed E-state index contributed by atoms with van der Waals surface area (Å²) in [6.07, 6.45) is 2.24. The van der Waals surface area contributed by atoms with Gasteiger partial charge in [-0.15, -0.1) is 0 Å². The number of halogens is 2. The molecule has 1 N–H and O–H groups in total. The van der Waals surface area contributed by atoms with E-state index in [0.717, 1.165) is 23.8 Å². The van der Waals surface area contributed by atoms with Crippen molar-refractivity contribution in [3.63, 3.8) is 0 Å². The van der Waals surface area contributed by atoms with Crippen LogP contribution >= 0.6 is 23.2 Å². The summed E-state index contributed by atoms with van der Waals surface area (Å²) in [6.45, 7) is 8.10. The Labute approximate surface area is 224 Å². The summed E-state index contributed by atoms with van der Waals surface area (Å²) in [5.41, 5.74) is 3.01. The van der Waals surface area contributed by atoms with E-state index in [1.54, 1.807) is 25.1 Å². The SMILES string of the molecule is CCCNC(=O)[C@H](C)N(Cc1c(Cl)cccc1Cl)C(=O)CCCN(c1cc(C)cc(C)c1)S(C)(=O)=O. The molecule has 0 aliphatic rings. The molecule has 2 aromatic rings. The first-order chi connectivity index (χ1) is 16.8. The largest absolute Gasteiger partial charge is 0.354 e. The van der Waals surface area contributed by atoms with E-state index >= 15 is 0 Å². The minimum atomic E-state index is -3.56. The minimum absolute atomic E-state index is 0.0459. The standard InChI is InChI=1S/C26H35Cl2N3O4S/c1-6-12-29-26(33)20(4)30(17-22-23(27)9-7-10-24(22)28)25(32)11-8-13-31(36(5,34)35)21-15-18(2)14-19(3)16-21/h7,9-10,14-16,20H,6,8,11-13,17H2,1-5H3,(H,29,33)/t20-/m0/s1. The van der Waals surface area contributed by atoms with E-state index in [9.17, 15) is 18.0 Å². The molecule has 0 saturated carbocycles. The van der Waals surface area contributed by atoms with Crippen molar-refractivity contribution in [3.8, 4) is 0 Å². The molecular formula is C26H35Cl2N3O4S. The Balaban J connectivity index is 2.23. The fraction of sp³-hybridized carbons (Fsp3) is 0.462. The summed E-state index contributed by atoms with van der Waals surface area (Å²) < 4.78 is 26.4. The van der Waals surface area contributed by atoms with E-state index in [-0.39, 0.29) is 37.7 Å². The minimum Gasteiger partial charge on any atom is -0.354 e. The zero-order chi connectivity index (χ0) is 27.0. The van der Waals surface area contributed by atoms with Gasteiger partial charge in [-0.2, -0.15) is 0 Å². The summed E-state index contributed by atoms with van der Waals surface area (Å²) >= 11 is 12.7. The van der Waals surface area contributed by atoms with Gasteiger partial charge in [-0.1, -0.05) is 42.3 Å². The second-order valence-electron chi connectivity index (χ2n) is 8.97. The molecule has 0 spiro atoms. The molecule has 10 heteroatoms. The van der Waals surface area contributed by atoms with Gasteiger partial charge >= 0.3 is 0 Å². The maximum absolute atomic E-state index is 13.4. The molecule has 0 aliphatic heterocycles. The van der Waals surface area contributed by atoms with Crippen LogP contribution in [-0.2, 0) is 26.2 Å². The molecule has 0 fully saturated rings. The molecule has 0 aromatic heterocycles. The second-order valence-corrected chi connectivity index (χ2v) is 11.7. The Morgan fingerprint density at radius 1 is 1.06 bits per heavy atom. The Morgan fingerprint density at radius 2 is 1.64 bits per heavy atom. The Bertz CT molecular complexity index is 1150. The highest BCUT2D eigenvalue weighted by atomic mass is 35.5. The molecule has 0 unspecified atom stereocenters. The lowest BCUT2D eigenvalue weighted by atomic mass is 10.1. The van der Waals surface area contributed by atoms with Gasteiger partial charge in [-0.3, -0.25) is 13.9 Å². The first-order valence-electron chi connectivity index (χ1n) is 11.9. The first kappa shape index (κ1) is 29.9. The van der Waals surface area contributed by atoms with Gasteiger partial charge < -0.3 is 10.2 Å². The molecule has 0 radical (unpaired) electrons. The lowest BCUT2D eigenvalue weighted by Crippen LogP contribution is -2.48. The second kappa shape index (κ2) is 13.3. The van der Waals surface area contributed by atoms with Crippen LogP contribution in [0.15, 0.2) is 36.4 Å². The molecule has 2 amide bonds. The van der Waals surface area contributed by atoms with Gasteiger partial charge in [0.1, 0.15) is 6.04 Å². The zero-order valence-electron chi connectivity index (χ0n) is 21.5. The highest BCUT2D eigenvalue weighted by Crippen LogP contribution is 2.27. The van der Waals surface area contributed by atoms with Crippen LogP contribution < -0.4 is 9.62 Å². The summed E-state index contributed by atoms with van der Waals surface area (Å²) in [7, 11) is -3.56. The van der Waals surface area contributed by atoms with E-state index in [4.69, 9.17) is 23.2 Å². The Morgan fingerprint density at radius 3 is 2.17 bits per heavy atom. The molecule has 0 heterocycles. The lowest BCUT2D eigenvalue weighted by molar-refractivity contribution is -0.140. The number of carbonyl (C=O) groups excluding carboxylic acids is 2. The van der Waals surface area contributed by atoms with Crippen molar-refractivity contribution < 1.29 is 18.0 Å². The summed E-state index contributed by atoms with van der Waals surface area (Å²) in [6, 6.07) is 9.90. The predicted molar refractivity (Wildman–Crippen MR) is 147 cm³/mol. The third kappa shape index (κ3) is 8.39. The van der Waals surface area contributed by atoms with E-state index in [2.05, 4.69) is 5.32 Å². The molecule has 36 heavy (non-hydrogen) atoms. The molecule has 1 atom stereocenters. The molecule has 198 valence electrons. The quantitative estimate of drug-likeness (QED) is 0.394. The topological polar surface area (TPSA) is 86.8 Å². The number of nitrogens with one attached hydrogen (secondary N) is 1. The van der Waals surface area contributed by atoms with E-state index in [0.29, 0.717) is 27.8 Å². The maximum Gasteiger partial charge on any atom is 0.242 e. The molecule has 7 nitrogen and oxygen atoms in total. The van der Waals surface area contributed by atoms with Crippen molar-refractivity contribution in [3.05, 3.63) is 63.1 Å². The fourth-order valence-electron chi connectivity index (χ4n) is 3.93. The first-order valence-corrected chi connectivity index (χ1v) is 14.5. The van der Waals surface area contributed by atoms with Crippen LogP contribution in [0.3, 0.4) is 0 Å². The Kier molecular flexibility index (Phi) is 11.1. The van der Waals surface area contributed by atoms with E-state index in [1.165, 1.54) is 9.21 Å². The normalized spacial score (nSPS) is 12.2. The predicted octanol–water partition coefficient (Wildman–Crippen LogP) is 5.10. The van der Waals surface area contributed by atoms with Crippen LogP contribution in [0.5, 0.6) is 0 Å². The maximum atomic E-state index is 13.4. The number of anilines is 1. The highest BCUT2D eigenvalue weighted by molar-refractivity contribution is 7.92. The Hall–Kier alpha value is -2.29. The number of rotatable bonds is 12. The van der Waals surface area contributed by atoms with Crippen molar-refractivity contribution in [2.75, 3.05) is 23.7 Å². The summed E-state index contributed by atoms with van der Waals surface area (Å²) in [4.78, 5) is 27.5. The fourth-order valence-corrected chi connectivity index (χ4v) is 5.40. The number of aryl methyl sites for hydroxylation is 2. The number of nitrogens with zero attached hydrogens (tertiary/aromatic N) is 2. The van der Waals surface area contributed by atoms with Crippen LogP contribution in [-0.4, -0.2) is 50.5 Å². The van der Waals surface area contributed by atoms with Crippen LogP contribution in [0, 0.1) is 13.8 Å². The third-order valence-electron chi connectivity index (χ3n) is 5.75. The smallest absolute Gasteiger partial charge is 0.242 e. The average molecular weight is 557 g/mol. The van der Waals surface area contributed by atoms with Crippen LogP contribution in [0.25, 0.3) is 0 Å². The van der Waals surface area contributed by atoms with Crippen molar-refractivity contribution in [2.45, 2.75) is 59.5 Å². The van der Waals surface area contributed by atoms with Gasteiger partial charge in [0, 0.05) is 41.7 Å². The van der Waals surface area contributed by atoms with Crippen LogP contribution in [0.4, 0.5) is 5.69 Å². The monoisotopic (exact) mass is 555 g/mol. The van der Waals surface area contributed by atoms with Crippen LogP contribution in [0.1, 0.15) is 49.8 Å². The van der Waals surface area contributed by atoms with Gasteiger partial charge in [0.05, 0.1) is 11.9 Å². The molecule has 0 saturated heterocycles. The number of amides is 2. The van der Waals surface area contributed by atoms with Gasteiger partial charge in [-0.05, 0) is 69.0 Å². The molecule has 0 bridgehead atoms. The number of carbonyl (C=O) groups is 2. The van der Waals surface area contributed by atoms with Crippen LogP contribution in [0.2, 0.25) is 10.0 Å². The van der Waals surface area contributed by atoms with Gasteiger partial charge in [0.2, 0.25) is 21.8 Å². The van der Waals surface area contributed by atoms with Gasteiger partial charge in [-0.25, -0.2) is 8.42 Å². The summed E-state index contributed by atoms with van der Waals surface area (Å²) in [5, 5.41) is 3.63. The van der Waals surface area contributed by atoms with Crippen molar-refractivity contribution >= 4 is 50.7 Å². The molecule has 2 aromatic carbocycles. The molecular weight excluding hydrogens is 521 g/mol. The molecule has 2 rings (SSSR count). The molecule has 0 aliphatic carbocycles. The number of sulfonamides is 1. The van der Waals surface area contributed by atoms with E-state index in [1.807, 2.05) is 39.0 Å². The number of hydrogen-bond donors (Lipinski definition) is 1. The third-order valence-corrected chi connectivity index (χ3v) is 7.66. The van der Waals surface area contributed by atoms with E-state index < -0.39 is 16.1 Å². The summed E-state index contributed by atoms with van der Waals surface area (Å²) in [5.74, 6) is -0.569. The van der Waals surface area contributed by atoms with Gasteiger partial charge in [0.15, 0.2) is 0 Å². The van der Waals surface area contributed by atoms with Crippen molar-refractivity contribution in [1.29, 1.82) is 0 Å². The number of benzene rings is 2. The average Bonchev–Trinajstić information content (AvgIpc) is 2.78. The van der Waals surface area contributed by atoms with Gasteiger partial charge in [0.25, 0.3) is 0 Å². The zero-order valence-corrected chi connectivity index (χ0v) is 23.8. The number of hydrogen-bond acceptors (Lipinski definition) is 4. The lowest BCUT2D eigenvalue weighted by Gasteiger charge is -2.30.